The van der Waals surface area contributed by atoms with Gasteiger partial charge in [-0.05, 0) is 24.7 Å². The van der Waals surface area contributed by atoms with Gasteiger partial charge in [-0.1, -0.05) is 90.5 Å². The normalized spacial score (nSPS) is 26.9. The number of hydrogen-bond donors (Lipinski definition) is 0. The Labute approximate surface area is 116 Å². The average Bonchev–Trinajstić information content (AvgIpc) is 3.17. The van der Waals surface area contributed by atoms with E-state index in [4.69, 9.17) is 0 Å². The largest absolute Gasteiger partial charge is 0.0808 e. The maximum Gasteiger partial charge on any atom is -0.0167 e. The van der Waals surface area contributed by atoms with Crippen LogP contribution < -0.4 is 0 Å². The Morgan fingerprint density at radius 2 is 0.889 bits per heavy atom. The van der Waals surface area contributed by atoms with Gasteiger partial charge in [-0.3, -0.25) is 0 Å². The van der Waals surface area contributed by atoms with Gasteiger partial charge in [0.25, 0.3) is 0 Å². The molecule has 2 fully saturated rings. The molecule has 0 heteroatoms. The quantitative estimate of drug-likeness (QED) is 0.458. The molecule has 0 saturated heterocycles. The minimum Gasteiger partial charge on any atom is -0.0808 e. The second-order valence-corrected chi connectivity index (χ2v) is 4.80. The molecule has 0 heterocycles. The van der Waals surface area contributed by atoms with Gasteiger partial charge in [0.1, 0.15) is 0 Å². The van der Waals surface area contributed by atoms with Gasteiger partial charge in [-0.15, -0.1) is 0 Å². The van der Waals surface area contributed by atoms with Gasteiger partial charge in [0.15, 0.2) is 0 Å². The molecule has 3 aliphatic carbocycles. The lowest BCUT2D eigenvalue weighted by molar-refractivity contribution is 0.552. The highest BCUT2D eigenvalue weighted by atomic mass is 14.3. The summed E-state index contributed by atoms with van der Waals surface area (Å²) < 4.78 is 0. The molecule has 18 heavy (non-hydrogen) atoms. The standard InChI is InChI=1S/C9H12.C5H10.2C2H6/c1-2-5-9-7-3-6-8(9)4-1;1-2-4-5-3-1;2*1-2/h1-2,4-5,8-9H,3,6-7H2;1-5H2;2*1-2H3. The third-order valence-electron chi connectivity index (χ3n) is 3.70. The predicted octanol–water partition coefficient (Wildman–Crippen LogP) is 6.53. The first kappa shape index (κ1) is 17.5. The lowest BCUT2D eigenvalue weighted by atomic mass is 9.92. The smallest absolute Gasteiger partial charge is 0.0167 e. The molecular formula is C18H34. The zero-order valence-electron chi connectivity index (χ0n) is 13.1. The maximum atomic E-state index is 2.36. The number of fused-ring (bicyclic) bond motifs is 1. The lowest BCUT2D eigenvalue weighted by Gasteiger charge is -2.13. The maximum absolute atomic E-state index is 2.36. The summed E-state index contributed by atoms with van der Waals surface area (Å²) in [6.45, 7) is 8.00. The molecule has 2 atom stereocenters. The van der Waals surface area contributed by atoms with Gasteiger partial charge in [0, 0.05) is 0 Å². The van der Waals surface area contributed by atoms with Crippen LogP contribution in [0, 0.1) is 11.8 Å². The van der Waals surface area contributed by atoms with Crippen molar-refractivity contribution in [3.63, 3.8) is 0 Å². The average molecular weight is 250 g/mol. The SMILES string of the molecule is C1=CC2CCCC2C=C1.C1CCCC1.CC.CC. The van der Waals surface area contributed by atoms with Crippen molar-refractivity contribution < 1.29 is 0 Å². The first-order valence-corrected chi connectivity index (χ1v) is 8.32. The molecular weight excluding hydrogens is 216 g/mol. The molecule has 0 nitrogen and oxygen atoms in total. The summed E-state index contributed by atoms with van der Waals surface area (Å²) >= 11 is 0. The third kappa shape index (κ3) is 7.03. The molecule has 0 radical (unpaired) electrons. The second kappa shape index (κ2) is 12.9. The minimum atomic E-state index is 0.898. The zero-order valence-corrected chi connectivity index (χ0v) is 13.1. The summed E-state index contributed by atoms with van der Waals surface area (Å²) in [6, 6.07) is 0. The first-order valence-electron chi connectivity index (χ1n) is 8.32. The van der Waals surface area contributed by atoms with E-state index in [9.17, 15) is 0 Å². The number of hydrogen-bond acceptors (Lipinski definition) is 0. The monoisotopic (exact) mass is 250 g/mol. The fraction of sp³-hybridized carbons (Fsp3) is 0.778. The number of rotatable bonds is 0. The fourth-order valence-corrected chi connectivity index (χ4v) is 2.79. The van der Waals surface area contributed by atoms with Crippen molar-refractivity contribution in [1.29, 1.82) is 0 Å². The van der Waals surface area contributed by atoms with Crippen molar-refractivity contribution >= 4 is 0 Å². The van der Waals surface area contributed by atoms with E-state index in [-0.39, 0.29) is 0 Å². The van der Waals surface area contributed by atoms with E-state index in [2.05, 4.69) is 24.3 Å². The van der Waals surface area contributed by atoms with Crippen molar-refractivity contribution in [2.75, 3.05) is 0 Å². The van der Waals surface area contributed by atoms with Crippen LogP contribution in [0.1, 0.15) is 79.1 Å². The molecule has 2 unspecified atom stereocenters. The molecule has 2 saturated carbocycles. The van der Waals surface area contributed by atoms with E-state index in [0.29, 0.717) is 0 Å². The molecule has 0 aromatic rings. The summed E-state index contributed by atoms with van der Waals surface area (Å²) in [5.74, 6) is 1.80. The predicted molar refractivity (Wildman–Crippen MR) is 84.9 cm³/mol. The Hall–Kier alpha value is -0.520. The Morgan fingerprint density at radius 3 is 1.22 bits per heavy atom. The molecule has 0 N–H and O–H groups in total. The van der Waals surface area contributed by atoms with Crippen LogP contribution in [0.3, 0.4) is 0 Å². The highest BCUT2D eigenvalue weighted by Crippen LogP contribution is 2.35. The van der Waals surface area contributed by atoms with E-state index in [0.717, 1.165) is 11.8 Å². The fourth-order valence-electron chi connectivity index (χ4n) is 2.79. The second-order valence-electron chi connectivity index (χ2n) is 4.80. The van der Waals surface area contributed by atoms with Crippen LogP contribution in [0.5, 0.6) is 0 Å². The van der Waals surface area contributed by atoms with E-state index in [1.807, 2.05) is 27.7 Å². The molecule has 0 bridgehead atoms. The van der Waals surface area contributed by atoms with Crippen molar-refractivity contribution in [2.24, 2.45) is 11.8 Å². The van der Waals surface area contributed by atoms with Crippen LogP contribution in [0.2, 0.25) is 0 Å². The van der Waals surface area contributed by atoms with Crippen LogP contribution in [-0.4, -0.2) is 0 Å². The van der Waals surface area contributed by atoms with E-state index in [1.165, 1.54) is 51.4 Å². The first-order chi connectivity index (χ1) is 8.97. The molecule has 0 aliphatic heterocycles. The topological polar surface area (TPSA) is 0 Å². The van der Waals surface area contributed by atoms with Crippen LogP contribution in [0.15, 0.2) is 24.3 Å². The summed E-state index contributed by atoms with van der Waals surface area (Å²) in [5.41, 5.74) is 0. The van der Waals surface area contributed by atoms with E-state index in [1.54, 1.807) is 0 Å². The molecule has 3 rings (SSSR count). The zero-order chi connectivity index (χ0) is 13.6. The highest BCUT2D eigenvalue weighted by molar-refractivity contribution is 5.15. The van der Waals surface area contributed by atoms with E-state index < -0.39 is 0 Å². The summed E-state index contributed by atoms with van der Waals surface area (Å²) in [7, 11) is 0. The van der Waals surface area contributed by atoms with Gasteiger partial charge in [-0.25, -0.2) is 0 Å². The Balaban J connectivity index is 0.000000276. The van der Waals surface area contributed by atoms with Crippen molar-refractivity contribution in [3.8, 4) is 0 Å². The third-order valence-corrected chi connectivity index (χ3v) is 3.70. The van der Waals surface area contributed by atoms with Crippen LogP contribution in [0.4, 0.5) is 0 Å². The molecule has 0 aromatic carbocycles. The van der Waals surface area contributed by atoms with Gasteiger partial charge in [-0.2, -0.15) is 0 Å². The van der Waals surface area contributed by atoms with Gasteiger partial charge in [0.05, 0.1) is 0 Å². The summed E-state index contributed by atoms with van der Waals surface area (Å²) in [5, 5.41) is 0. The molecule has 3 aliphatic rings. The Morgan fingerprint density at radius 1 is 0.556 bits per heavy atom. The summed E-state index contributed by atoms with van der Waals surface area (Å²) in [4.78, 5) is 0. The Kier molecular flexibility index (Phi) is 12.6. The van der Waals surface area contributed by atoms with Crippen molar-refractivity contribution in [3.05, 3.63) is 24.3 Å². The molecule has 106 valence electrons. The lowest BCUT2D eigenvalue weighted by Crippen LogP contribution is -2.03. The molecule has 0 amide bonds. The highest BCUT2D eigenvalue weighted by Gasteiger charge is 2.23. The minimum absolute atomic E-state index is 0.898. The molecule has 0 spiro atoms. The Bertz CT molecular complexity index is 182. The summed E-state index contributed by atoms with van der Waals surface area (Å²) in [6.07, 6.45) is 20.9. The van der Waals surface area contributed by atoms with Gasteiger partial charge < -0.3 is 0 Å². The van der Waals surface area contributed by atoms with Crippen molar-refractivity contribution in [1.82, 2.24) is 0 Å². The van der Waals surface area contributed by atoms with Gasteiger partial charge >= 0.3 is 0 Å². The molecule has 0 aromatic heterocycles. The van der Waals surface area contributed by atoms with Crippen LogP contribution in [-0.2, 0) is 0 Å². The van der Waals surface area contributed by atoms with E-state index >= 15 is 0 Å². The van der Waals surface area contributed by atoms with Crippen LogP contribution >= 0.6 is 0 Å². The van der Waals surface area contributed by atoms with Crippen LogP contribution in [0.25, 0.3) is 0 Å². The van der Waals surface area contributed by atoms with Crippen molar-refractivity contribution in [2.45, 2.75) is 79.1 Å². The van der Waals surface area contributed by atoms with Gasteiger partial charge in [0.2, 0.25) is 0 Å². The number of allylic oxidation sites excluding steroid dienone is 4.